The number of sulfonamides is 1. The van der Waals surface area contributed by atoms with Gasteiger partial charge in [0.15, 0.2) is 0 Å². The lowest BCUT2D eigenvalue weighted by molar-refractivity contribution is -0.140. The van der Waals surface area contributed by atoms with Gasteiger partial charge in [0.05, 0.1) is 10.6 Å². The van der Waals surface area contributed by atoms with E-state index in [4.69, 9.17) is 4.74 Å². The summed E-state index contributed by atoms with van der Waals surface area (Å²) in [5.41, 5.74) is 2.49. The zero-order chi connectivity index (χ0) is 35.7. The van der Waals surface area contributed by atoms with Crippen LogP contribution >= 0.6 is 0 Å². The molecule has 0 unspecified atom stereocenters. The summed E-state index contributed by atoms with van der Waals surface area (Å²) in [4.78, 5) is 29.8. The van der Waals surface area contributed by atoms with Gasteiger partial charge in [-0.05, 0) is 92.6 Å². The largest absolute Gasteiger partial charge is 0.457 e. The molecule has 0 saturated carbocycles. The summed E-state index contributed by atoms with van der Waals surface area (Å²) in [5.74, 6) is -0.366. The quantitative estimate of drug-likeness (QED) is 0.132. The van der Waals surface area contributed by atoms with Crippen molar-refractivity contribution < 1.29 is 27.1 Å². The number of benzene rings is 5. The predicted molar refractivity (Wildman–Crippen MR) is 193 cm³/mol. The second-order valence-electron chi connectivity index (χ2n) is 12.3. The number of halogens is 1. The van der Waals surface area contributed by atoms with Crippen LogP contribution in [0.2, 0.25) is 0 Å². The fraction of sp³-hybridized carbons (Fsp3) is 0.200. The highest BCUT2D eigenvalue weighted by atomic mass is 32.2. The minimum absolute atomic E-state index is 0.00369. The molecule has 5 rings (SSSR count). The molecule has 1 atom stereocenters. The smallest absolute Gasteiger partial charge is 0.264 e. The van der Waals surface area contributed by atoms with Crippen LogP contribution in [0.15, 0.2) is 138 Å². The molecule has 10 heteroatoms. The Hall–Kier alpha value is -5.48. The predicted octanol–water partition coefficient (Wildman–Crippen LogP) is 7.29. The van der Waals surface area contributed by atoms with E-state index in [1.54, 1.807) is 60.7 Å². The van der Waals surface area contributed by atoms with Gasteiger partial charge in [-0.15, -0.1) is 0 Å². The van der Waals surface area contributed by atoms with E-state index in [1.807, 2.05) is 69.3 Å². The first-order valence-corrected chi connectivity index (χ1v) is 17.7. The van der Waals surface area contributed by atoms with Crippen molar-refractivity contribution in [2.45, 2.75) is 50.7 Å². The lowest BCUT2D eigenvalue weighted by Crippen LogP contribution is -2.54. The number of aryl methyl sites for hydroxylation is 1. The topological polar surface area (TPSA) is 96.0 Å². The number of hydrogen-bond acceptors (Lipinski definition) is 5. The molecule has 50 heavy (non-hydrogen) atoms. The molecule has 5 aromatic carbocycles. The highest BCUT2D eigenvalue weighted by Crippen LogP contribution is 2.29. The van der Waals surface area contributed by atoms with Gasteiger partial charge >= 0.3 is 0 Å². The summed E-state index contributed by atoms with van der Waals surface area (Å²) >= 11 is 0. The molecule has 5 aromatic rings. The molecule has 0 bridgehead atoms. The molecule has 0 heterocycles. The lowest BCUT2D eigenvalue weighted by Gasteiger charge is -2.34. The minimum Gasteiger partial charge on any atom is -0.457 e. The molecule has 0 spiro atoms. The molecule has 258 valence electrons. The average Bonchev–Trinajstić information content (AvgIpc) is 3.10. The van der Waals surface area contributed by atoms with Crippen LogP contribution in [-0.4, -0.2) is 43.8 Å². The Labute approximate surface area is 293 Å². The maximum Gasteiger partial charge on any atom is 0.264 e. The SMILES string of the molecule is Cc1ccc(S(=O)(=O)N(CC(=O)N(Cc2ccc(F)cc2)[C@H](Cc2ccccc2)C(=O)NC(C)C)c2ccc(Oc3ccccc3)cc2)cc1. The first kappa shape index (κ1) is 35.8. The van der Waals surface area contributed by atoms with Gasteiger partial charge in [-0.2, -0.15) is 0 Å². The molecule has 1 N–H and O–H groups in total. The van der Waals surface area contributed by atoms with Crippen LogP contribution in [0.1, 0.15) is 30.5 Å². The van der Waals surface area contributed by atoms with Gasteiger partial charge in [0.25, 0.3) is 10.0 Å². The fourth-order valence-electron chi connectivity index (χ4n) is 5.39. The summed E-state index contributed by atoms with van der Waals surface area (Å²) in [6, 6.07) is 35.7. The molecular weight excluding hydrogens is 654 g/mol. The number of amides is 2. The van der Waals surface area contributed by atoms with Crippen molar-refractivity contribution in [3.63, 3.8) is 0 Å². The molecule has 0 aromatic heterocycles. The maximum atomic E-state index is 14.6. The van der Waals surface area contributed by atoms with Gasteiger partial charge in [0, 0.05) is 19.0 Å². The van der Waals surface area contributed by atoms with E-state index in [2.05, 4.69) is 5.32 Å². The Morgan fingerprint density at radius 1 is 0.740 bits per heavy atom. The number of rotatable bonds is 14. The minimum atomic E-state index is -4.28. The fourth-order valence-corrected chi connectivity index (χ4v) is 6.81. The number of carbonyl (C=O) groups is 2. The molecule has 0 aliphatic heterocycles. The Bertz CT molecular complexity index is 1970. The van der Waals surface area contributed by atoms with Crippen LogP contribution in [0.5, 0.6) is 11.5 Å². The van der Waals surface area contributed by atoms with E-state index in [1.165, 1.54) is 29.2 Å². The second-order valence-corrected chi connectivity index (χ2v) is 14.1. The normalized spacial score (nSPS) is 11.9. The Kier molecular flexibility index (Phi) is 11.7. The number of anilines is 1. The lowest BCUT2D eigenvalue weighted by atomic mass is 10.0. The van der Waals surface area contributed by atoms with Crippen LogP contribution in [0.4, 0.5) is 10.1 Å². The second kappa shape index (κ2) is 16.3. The summed E-state index contributed by atoms with van der Waals surface area (Å²) in [6.07, 6.45) is 0.169. The third kappa shape index (κ3) is 9.35. The first-order chi connectivity index (χ1) is 24.0. The molecule has 0 aliphatic carbocycles. The molecule has 2 amide bonds. The number of ether oxygens (including phenoxy) is 1. The molecule has 0 radical (unpaired) electrons. The van der Waals surface area contributed by atoms with E-state index in [0.717, 1.165) is 15.4 Å². The number of nitrogens with zero attached hydrogens (tertiary/aromatic N) is 2. The van der Waals surface area contributed by atoms with E-state index < -0.39 is 40.2 Å². The van der Waals surface area contributed by atoms with Crippen molar-refractivity contribution in [1.82, 2.24) is 10.2 Å². The van der Waals surface area contributed by atoms with E-state index >= 15 is 0 Å². The van der Waals surface area contributed by atoms with Crippen molar-refractivity contribution in [2.75, 3.05) is 10.8 Å². The Morgan fingerprint density at radius 2 is 1.32 bits per heavy atom. The van der Waals surface area contributed by atoms with Crippen molar-refractivity contribution in [1.29, 1.82) is 0 Å². The molecule has 8 nitrogen and oxygen atoms in total. The highest BCUT2D eigenvalue weighted by Gasteiger charge is 2.35. The van der Waals surface area contributed by atoms with Gasteiger partial charge in [0.1, 0.15) is 29.9 Å². The Balaban J connectivity index is 1.55. The third-order valence-electron chi connectivity index (χ3n) is 7.96. The number of para-hydroxylation sites is 1. The van der Waals surface area contributed by atoms with Gasteiger partial charge < -0.3 is 15.0 Å². The van der Waals surface area contributed by atoms with Gasteiger partial charge in [-0.1, -0.05) is 78.4 Å². The first-order valence-electron chi connectivity index (χ1n) is 16.3. The van der Waals surface area contributed by atoms with E-state index in [0.29, 0.717) is 17.1 Å². The number of hydrogen-bond donors (Lipinski definition) is 1. The zero-order valence-corrected chi connectivity index (χ0v) is 29.0. The molecule has 0 saturated heterocycles. The molecular formula is C40H40FN3O5S. The van der Waals surface area contributed by atoms with Crippen molar-refractivity contribution in [3.8, 4) is 11.5 Å². The number of nitrogens with one attached hydrogen (secondary N) is 1. The van der Waals surface area contributed by atoms with Gasteiger partial charge in [0.2, 0.25) is 11.8 Å². The van der Waals surface area contributed by atoms with Crippen molar-refractivity contribution in [2.24, 2.45) is 0 Å². The molecule has 0 fully saturated rings. The average molecular weight is 694 g/mol. The standard InChI is InChI=1S/C40H40FN3O5S/c1-29(2)42-40(46)38(26-31-10-6-4-7-11-31)43(27-32-16-18-33(41)19-17-32)39(45)28-44(50(47,48)37-24-14-30(3)15-25-37)34-20-22-36(23-21-34)49-35-12-8-5-9-13-35/h4-25,29,38H,26-28H2,1-3H3,(H,42,46)/t38-/m1/s1. The summed E-state index contributed by atoms with van der Waals surface area (Å²) in [7, 11) is -4.28. The number of carbonyl (C=O) groups excluding carboxylic acids is 2. The van der Waals surface area contributed by atoms with Crippen molar-refractivity contribution >= 4 is 27.5 Å². The summed E-state index contributed by atoms with van der Waals surface area (Å²) in [5, 5.41) is 2.93. The highest BCUT2D eigenvalue weighted by molar-refractivity contribution is 7.92. The van der Waals surface area contributed by atoms with Crippen LogP contribution in [0.3, 0.4) is 0 Å². The third-order valence-corrected chi connectivity index (χ3v) is 9.75. The van der Waals surface area contributed by atoms with Crippen LogP contribution < -0.4 is 14.4 Å². The van der Waals surface area contributed by atoms with Crippen molar-refractivity contribution in [3.05, 3.63) is 156 Å². The molecule has 0 aliphatic rings. The summed E-state index contributed by atoms with van der Waals surface area (Å²) in [6.45, 7) is 4.82. The van der Waals surface area contributed by atoms with Crippen LogP contribution in [0, 0.1) is 12.7 Å². The summed E-state index contributed by atoms with van der Waals surface area (Å²) < 4.78 is 49.5. The Morgan fingerprint density at radius 3 is 1.92 bits per heavy atom. The maximum absolute atomic E-state index is 14.6. The van der Waals surface area contributed by atoms with Gasteiger partial charge in [-0.3, -0.25) is 13.9 Å². The van der Waals surface area contributed by atoms with E-state index in [-0.39, 0.29) is 29.6 Å². The monoisotopic (exact) mass is 693 g/mol. The zero-order valence-electron chi connectivity index (χ0n) is 28.2. The van der Waals surface area contributed by atoms with Gasteiger partial charge in [-0.25, -0.2) is 12.8 Å². The van der Waals surface area contributed by atoms with E-state index in [9.17, 15) is 22.4 Å². The van der Waals surface area contributed by atoms with Crippen LogP contribution in [0.25, 0.3) is 0 Å². The van der Waals surface area contributed by atoms with Crippen LogP contribution in [-0.2, 0) is 32.6 Å².